The van der Waals surface area contributed by atoms with E-state index in [-0.39, 0.29) is 5.91 Å². The van der Waals surface area contributed by atoms with E-state index in [4.69, 9.17) is 0 Å². The summed E-state index contributed by atoms with van der Waals surface area (Å²) in [5.41, 5.74) is 1.08. The van der Waals surface area contributed by atoms with Gasteiger partial charge in [0.15, 0.2) is 0 Å². The molecule has 0 bridgehead atoms. The minimum atomic E-state index is -0.181. The molecule has 1 aliphatic rings. The molecular formula is C9H6BrNO. The molecule has 1 aliphatic heterocycles. The van der Waals surface area contributed by atoms with Crippen LogP contribution in [0.5, 0.6) is 0 Å². The highest BCUT2D eigenvalue weighted by Crippen LogP contribution is 2.08. The number of amides is 1. The molecule has 0 aromatic heterocycles. The van der Waals surface area contributed by atoms with Gasteiger partial charge in [0.05, 0.1) is 9.84 Å². The first kappa shape index (κ1) is 7.68. The normalized spacial score (nSPS) is 14.5. The van der Waals surface area contributed by atoms with Crippen LogP contribution in [0.2, 0.25) is 0 Å². The van der Waals surface area contributed by atoms with E-state index in [0.29, 0.717) is 4.48 Å². The van der Waals surface area contributed by atoms with E-state index in [1.165, 1.54) is 0 Å². The minimum Gasteiger partial charge on any atom is -0.266 e. The minimum absolute atomic E-state index is 0.181. The van der Waals surface area contributed by atoms with E-state index in [2.05, 4.69) is 20.9 Å². The molecular weight excluding hydrogens is 218 g/mol. The van der Waals surface area contributed by atoms with Crippen molar-refractivity contribution in [2.24, 2.45) is 4.99 Å². The van der Waals surface area contributed by atoms with E-state index in [0.717, 1.165) is 16.1 Å². The molecule has 0 atom stereocenters. The van der Waals surface area contributed by atoms with Crippen molar-refractivity contribution in [3.8, 4) is 0 Å². The first-order valence-corrected chi connectivity index (χ1v) is 4.38. The van der Waals surface area contributed by atoms with Crippen LogP contribution in [0.1, 0.15) is 5.56 Å². The molecule has 12 heavy (non-hydrogen) atoms. The molecule has 0 radical (unpaired) electrons. The summed E-state index contributed by atoms with van der Waals surface area (Å²) in [5, 5.41) is 1.70. The van der Waals surface area contributed by atoms with Crippen LogP contribution in [0.15, 0.2) is 23.2 Å². The lowest BCUT2D eigenvalue weighted by Gasteiger charge is -1.90. The largest absolute Gasteiger partial charge is 0.285 e. The molecule has 0 N–H and O–H groups in total. The Labute approximate surface area is 77.8 Å². The Morgan fingerprint density at radius 3 is 2.83 bits per heavy atom. The van der Waals surface area contributed by atoms with Crippen molar-refractivity contribution in [3.05, 3.63) is 34.3 Å². The van der Waals surface area contributed by atoms with Crippen molar-refractivity contribution in [3.63, 3.8) is 0 Å². The maximum atomic E-state index is 11.1. The quantitative estimate of drug-likeness (QED) is 0.636. The van der Waals surface area contributed by atoms with E-state index in [1.54, 1.807) is 0 Å². The average Bonchev–Trinajstić information content (AvgIpc) is 2.29. The standard InChI is InChI=1S/C9H6BrNO/c1-5-3-2-4-6-7(5)8(10)9(12)11-6/h2-4H,1H3. The predicted molar refractivity (Wildman–Crippen MR) is 49.3 cm³/mol. The zero-order chi connectivity index (χ0) is 8.72. The topological polar surface area (TPSA) is 29.4 Å². The molecule has 0 aliphatic carbocycles. The zero-order valence-electron chi connectivity index (χ0n) is 6.47. The van der Waals surface area contributed by atoms with E-state index < -0.39 is 0 Å². The van der Waals surface area contributed by atoms with Crippen LogP contribution in [-0.2, 0) is 4.79 Å². The molecule has 1 heterocycles. The van der Waals surface area contributed by atoms with Gasteiger partial charge in [0, 0.05) is 5.22 Å². The molecule has 3 heteroatoms. The van der Waals surface area contributed by atoms with Crippen LogP contribution in [-0.4, -0.2) is 5.91 Å². The molecule has 0 unspecified atom stereocenters. The molecule has 2 nitrogen and oxygen atoms in total. The molecule has 1 aromatic carbocycles. The first-order valence-electron chi connectivity index (χ1n) is 3.58. The Balaban J connectivity index is 3.04. The summed E-state index contributed by atoms with van der Waals surface area (Å²) >= 11 is 3.23. The number of hydrogen-bond donors (Lipinski definition) is 0. The predicted octanol–water partition coefficient (Wildman–Crippen LogP) is 0.658. The molecule has 2 rings (SSSR count). The lowest BCUT2D eigenvalue weighted by molar-refractivity contribution is -0.112. The van der Waals surface area contributed by atoms with Gasteiger partial charge < -0.3 is 0 Å². The summed E-state index contributed by atoms with van der Waals surface area (Å²) in [6.45, 7) is 1.97. The number of benzene rings is 1. The fraction of sp³-hybridized carbons (Fsp3) is 0.111. The van der Waals surface area contributed by atoms with Gasteiger partial charge >= 0.3 is 0 Å². The van der Waals surface area contributed by atoms with Gasteiger partial charge in [-0.05, 0) is 34.5 Å². The highest BCUT2D eigenvalue weighted by molar-refractivity contribution is 9.15. The second kappa shape index (κ2) is 2.52. The van der Waals surface area contributed by atoms with E-state index in [9.17, 15) is 4.79 Å². The second-order valence-electron chi connectivity index (χ2n) is 2.70. The maximum Gasteiger partial charge on any atom is 0.285 e. The van der Waals surface area contributed by atoms with Gasteiger partial charge in [0.2, 0.25) is 0 Å². The third-order valence-corrected chi connectivity index (χ3v) is 2.62. The number of aryl methyl sites for hydroxylation is 1. The summed E-state index contributed by atoms with van der Waals surface area (Å²) in [4.78, 5) is 15.0. The molecule has 0 fully saturated rings. The number of carbonyl (C=O) groups excluding carboxylic acids is 1. The van der Waals surface area contributed by atoms with Gasteiger partial charge in [0.1, 0.15) is 0 Å². The maximum absolute atomic E-state index is 11.1. The number of nitrogens with zero attached hydrogens (tertiary/aromatic N) is 1. The van der Waals surface area contributed by atoms with Crippen LogP contribution < -0.4 is 10.6 Å². The Morgan fingerprint density at radius 1 is 1.42 bits per heavy atom. The fourth-order valence-corrected chi connectivity index (χ4v) is 1.90. The summed E-state index contributed by atoms with van der Waals surface area (Å²) in [6.07, 6.45) is 0. The highest BCUT2D eigenvalue weighted by atomic mass is 79.9. The van der Waals surface area contributed by atoms with Gasteiger partial charge in [-0.25, -0.2) is 4.99 Å². The van der Waals surface area contributed by atoms with Crippen molar-refractivity contribution >= 4 is 26.3 Å². The summed E-state index contributed by atoms with van der Waals surface area (Å²) in [6, 6.07) is 5.71. The molecule has 0 saturated carbocycles. The molecule has 0 saturated heterocycles. The summed E-state index contributed by atoms with van der Waals surface area (Å²) in [7, 11) is 0. The summed E-state index contributed by atoms with van der Waals surface area (Å²) < 4.78 is 0.579. The molecule has 1 aromatic rings. The Kier molecular flexibility index (Phi) is 1.61. The number of hydrogen-bond acceptors (Lipinski definition) is 1. The Morgan fingerprint density at radius 2 is 2.17 bits per heavy atom. The van der Waals surface area contributed by atoms with Crippen molar-refractivity contribution in [2.45, 2.75) is 6.92 Å². The van der Waals surface area contributed by atoms with Gasteiger partial charge in [0.25, 0.3) is 5.91 Å². The second-order valence-corrected chi connectivity index (χ2v) is 3.49. The van der Waals surface area contributed by atoms with E-state index >= 15 is 0 Å². The summed E-state index contributed by atoms with van der Waals surface area (Å²) in [5.74, 6) is -0.181. The number of fused-ring (bicyclic) bond motifs is 1. The fourth-order valence-electron chi connectivity index (χ4n) is 1.30. The first-order chi connectivity index (χ1) is 5.70. The third-order valence-electron chi connectivity index (χ3n) is 1.88. The zero-order valence-corrected chi connectivity index (χ0v) is 8.05. The Bertz CT molecular complexity index is 476. The highest BCUT2D eigenvalue weighted by Gasteiger charge is 2.13. The van der Waals surface area contributed by atoms with Crippen LogP contribution >= 0.6 is 15.9 Å². The van der Waals surface area contributed by atoms with Gasteiger partial charge in [-0.1, -0.05) is 12.1 Å². The number of carbonyl (C=O) groups is 1. The molecule has 60 valence electrons. The lowest BCUT2D eigenvalue weighted by Crippen LogP contribution is -2.24. The SMILES string of the molecule is Cc1cccc2c1=C(Br)C(=O)N=2. The van der Waals surface area contributed by atoms with E-state index in [1.807, 2.05) is 25.1 Å². The van der Waals surface area contributed by atoms with Gasteiger partial charge in [-0.15, -0.1) is 0 Å². The van der Waals surface area contributed by atoms with Crippen LogP contribution in [0.4, 0.5) is 0 Å². The third kappa shape index (κ3) is 0.932. The van der Waals surface area contributed by atoms with Crippen molar-refractivity contribution in [1.29, 1.82) is 0 Å². The van der Waals surface area contributed by atoms with Crippen molar-refractivity contribution < 1.29 is 4.79 Å². The number of rotatable bonds is 0. The van der Waals surface area contributed by atoms with Gasteiger partial charge in [-0.3, -0.25) is 4.79 Å². The monoisotopic (exact) mass is 223 g/mol. The van der Waals surface area contributed by atoms with Crippen LogP contribution in [0.25, 0.3) is 4.48 Å². The van der Waals surface area contributed by atoms with Crippen molar-refractivity contribution in [1.82, 2.24) is 0 Å². The van der Waals surface area contributed by atoms with Gasteiger partial charge in [-0.2, -0.15) is 0 Å². The van der Waals surface area contributed by atoms with Crippen LogP contribution in [0.3, 0.4) is 0 Å². The molecule has 0 spiro atoms. The van der Waals surface area contributed by atoms with Crippen molar-refractivity contribution in [2.75, 3.05) is 0 Å². The smallest absolute Gasteiger partial charge is 0.266 e. The van der Waals surface area contributed by atoms with Crippen LogP contribution in [0, 0.1) is 6.92 Å². The Hall–Kier alpha value is -0.960. The molecule has 1 amide bonds. The average molecular weight is 224 g/mol. The number of halogens is 1. The lowest BCUT2D eigenvalue weighted by atomic mass is 10.2.